The number of aromatic nitrogens is 1. The molecule has 1 saturated heterocycles. The van der Waals surface area contributed by atoms with Crippen LogP contribution in [0.5, 0.6) is 0 Å². The molecule has 7 heteroatoms. The average molecular weight is 344 g/mol. The van der Waals surface area contributed by atoms with E-state index in [4.69, 9.17) is 0 Å². The Balaban J connectivity index is 1.65. The van der Waals surface area contributed by atoms with Crippen LogP contribution in [0.15, 0.2) is 24.4 Å². The molecule has 2 aliphatic rings. The molecule has 3 rings (SSSR count). The van der Waals surface area contributed by atoms with E-state index in [-0.39, 0.29) is 18.5 Å². The van der Waals surface area contributed by atoms with E-state index < -0.39 is 17.5 Å². The maximum absolute atomic E-state index is 12.7. The molecule has 2 fully saturated rings. The van der Waals surface area contributed by atoms with E-state index in [1.807, 2.05) is 0 Å². The maximum atomic E-state index is 12.7. The minimum atomic E-state index is -1.24. The van der Waals surface area contributed by atoms with E-state index >= 15 is 0 Å². The average Bonchev–Trinajstić information content (AvgIpc) is 2.80. The van der Waals surface area contributed by atoms with Crippen molar-refractivity contribution in [2.45, 2.75) is 57.0 Å². The van der Waals surface area contributed by atoms with E-state index in [2.05, 4.69) is 15.6 Å². The quantitative estimate of drug-likeness (QED) is 0.642. The first-order valence-corrected chi connectivity index (χ1v) is 8.86. The molecule has 1 atom stereocenters. The molecule has 134 valence electrons. The summed E-state index contributed by atoms with van der Waals surface area (Å²) < 4.78 is 0. The van der Waals surface area contributed by atoms with Gasteiger partial charge >= 0.3 is 6.03 Å². The Bertz CT molecular complexity index is 656. The molecule has 0 unspecified atom stereocenters. The lowest BCUT2D eigenvalue weighted by Crippen LogP contribution is -2.45. The monoisotopic (exact) mass is 344 g/mol. The highest BCUT2D eigenvalue weighted by Crippen LogP contribution is 2.27. The van der Waals surface area contributed by atoms with E-state index in [1.165, 1.54) is 12.8 Å². The van der Waals surface area contributed by atoms with Crippen LogP contribution in [0.25, 0.3) is 0 Å². The summed E-state index contributed by atoms with van der Waals surface area (Å²) in [6.45, 7) is 1.35. The Hall–Kier alpha value is -2.44. The summed E-state index contributed by atoms with van der Waals surface area (Å²) in [7, 11) is 0. The van der Waals surface area contributed by atoms with Crippen molar-refractivity contribution >= 4 is 17.8 Å². The summed E-state index contributed by atoms with van der Waals surface area (Å²) in [5.74, 6) is -0.743. The third-order valence-corrected chi connectivity index (χ3v) is 4.97. The van der Waals surface area contributed by atoms with Crippen molar-refractivity contribution in [3.05, 3.63) is 30.1 Å². The van der Waals surface area contributed by atoms with Gasteiger partial charge in [-0.05, 0) is 31.9 Å². The number of hydrogen-bond donors (Lipinski definition) is 2. The van der Waals surface area contributed by atoms with Crippen LogP contribution in [0.2, 0.25) is 0 Å². The number of pyridine rings is 1. The second-order valence-electron chi connectivity index (χ2n) is 6.92. The number of carbonyl (C=O) groups excluding carboxylic acids is 3. The molecular formula is C18H24N4O3. The van der Waals surface area contributed by atoms with Crippen LogP contribution >= 0.6 is 0 Å². The van der Waals surface area contributed by atoms with Crippen LogP contribution in [-0.2, 0) is 15.1 Å². The van der Waals surface area contributed by atoms with Gasteiger partial charge in [0.1, 0.15) is 6.54 Å². The van der Waals surface area contributed by atoms with Gasteiger partial charge in [0.2, 0.25) is 5.91 Å². The topological polar surface area (TPSA) is 91.4 Å². The first kappa shape index (κ1) is 17.4. The van der Waals surface area contributed by atoms with Gasteiger partial charge in [0.15, 0.2) is 5.54 Å². The zero-order valence-electron chi connectivity index (χ0n) is 14.5. The van der Waals surface area contributed by atoms with Gasteiger partial charge in [-0.3, -0.25) is 19.5 Å². The number of hydrogen-bond acceptors (Lipinski definition) is 4. The molecule has 1 aliphatic heterocycles. The molecule has 0 bridgehead atoms. The SMILES string of the molecule is C[C@@]1(c2ccccn2)NC(=O)N(CC(=O)NC2CCCCCC2)C1=O. The van der Waals surface area contributed by atoms with Gasteiger partial charge < -0.3 is 10.6 Å². The van der Waals surface area contributed by atoms with Crippen LogP contribution < -0.4 is 10.6 Å². The largest absolute Gasteiger partial charge is 0.352 e. The van der Waals surface area contributed by atoms with Gasteiger partial charge in [-0.15, -0.1) is 0 Å². The third kappa shape index (κ3) is 3.65. The van der Waals surface area contributed by atoms with E-state index in [0.717, 1.165) is 30.6 Å². The molecule has 0 radical (unpaired) electrons. The number of amides is 4. The highest BCUT2D eigenvalue weighted by Gasteiger charge is 2.50. The Morgan fingerprint density at radius 1 is 1.28 bits per heavy atom. The lowest BCUT2D eigenvalue weighted by molar-refractivity contribution is -0.135. The second-order valence-corrected chi connectivity index (χ2v) is 6.92. The summed E-state index contributed by atoms with van der Waals surface area (Å²) in [6.07, 6.45) is 8.08. The summed E-state index contributed by atoms with van der Waals surface area (Å²) in [6, 6.07) is 4.76. The van der Waals surface area contributed by atoms with Crippen LogP contribution in [-0.4, -0.2) is 40.3 Å². The molecule has 1 aromatic heterocycles. The van der Waals surface area contributed by atoms with Crippen LogP contribution in [0.3, 0.4) is 0 Å². The number of nitrogens with one attached hydrogen (secondary N) is 2. The highest BCUT2D eigenvalue weighted by atomic mass is 16.2. The van der Waals surface area contributed by atoms with E-state index in [0.29, 0.717) is 5.69 Å². The Morgan fingerprint density at radius 2 is 2.00 bits per heavy atom. The Kier molecular flexibility index (Phi) is 5.01. The van der Waals surface area contributed by atoms with E-state index in [9.17, 15) is 14.4 Å². The van der Waals surface area contributed by atoms with Gasteiger partial charge in [-0.1, -0.05) is 31.7 Å². The minimum Gasteiger partial charge on any atom is -0.352 e. The molecule has 1 aromatic rings. The lowest BCUT2D eigenvalue weighted by Gasteiger charge is -2.21. The standard InChI is InChI=1S/C18H24N4O3/c1-18(14-10-6-7-11-19-14)16(24)22(17(25)21-18)12-15(23)20-13-8-4-2-3-5-9-13/h6-7,10-11,13H,2-5,8-9,12H2,1H3,(H,20,23)(H,21,25)/t18-/m0/s1. The Labute approximate surface area is 147 Å². The number of carbonyl (C=O) groups is 3. The van der Waals surface area contributed by atoms with Crippen LogP contribution in [0, 0.1) is 0 Å². The maximum Gasteiger partial charge on any atom is 0.325 e. The molecule has 1 saturated carbocycles. The number of nitrogens with zero attached hydrogens (tertiary/aromatic N) is 2. The van der Waals surface area contributed by atoms with Crippen molar-refractivity contribution in [3.63, 3.8) is 0 Å². The summed E-state index contributed by atoms with van der Waals surface area (Å²) in [4.78, 5) is 42.4. The zero-order valence-corrected chi connectivity index (χ0v) is 14.5. The second kappa shape index (κ2) is 7.21. The van der Waals surface area contributed by atoms with Gasteiger partial charge in [0.25, 0.3) is 5.91 Å². The van der Waals surface area contributed by atoms with Crippen molar-refractivity contribution in [2.24, 2.45) is 0 Å². The van der Waals surface area contributed by atoms with Crippen molar-refractivity contribution in [1.82, 2.24) is 20.5 Å². The van der Waals surface area contributed by atoms with Gasteiger partial charge in [0, 0.05) is 12.2 Å². The number of urea groups is 1. The summed E-state index contributed by atoms with van der Waals surface area (Å²) in [5, 5.41) is 5.63. The minimum absolute atomic E-state index is 0.137. The molecule has 2 heterocycles. The number of rotatable bonds is 4. The first-order chi connectivity index (χ1) is 12.0. The van der Waals surface area contributed by atoms with Gasteiger partial charge in [0.05, 0.1) is 5.69 Å². The van der Waals surface area contributed by atoms with Crippen LogP contribution in [0.4, 0.5) is 4.79 Å². The van der Waals surface area contributed by atoms with Crippen molar-refractivity contribution in [3.8, 4) is 0 Å². The van der Waals surface area contributed by atoms with E-state index in [1.54, 1.807) is 31.3 Å². The Morgan fingerprint density at radius 3 is 2.64 bits per heavy atom. The third-order valence-electron chi connectivity index (χ3n) is 4.97. The smallest absolute Gasteiger partial charge is 0.325 e. The fourth-order valence-corrected chi connectivity index (χ4v) is 3.51. The lowest BCUT2D eigenvalue weighted by atomic mass is 9.97. The van der Waals surface area contributed by atoms with Crippen molar-refractivity contribution < 1.29 is 14.4 Å². The molecule has 1 aliphatic carbocycles. The van der Waals surface area contributed by atoms with Crippen molar-refractivity contribution in [1.29, 1.82) is 0 Å². The normalized spacial score (nSPS) is 24.8. The fraction of sp³-hybridized carbons (Fsp3) is 0.556. The van der Waals surface area contributed by atoms with Crippen LogP contribution in [0.1, 0.15) is 51.1 Å². The molecule has 0 aromatic carbocycles. The first-order valence-electron chi connectivity index (χ1n) is 8.86. The number of imide groups is 1. The molecule has 2 N–H and O–H groups in total. The van der Waals surface area contributed by atoms with Gasteiger partial charge in [-0.2, -0.15) is 0 Å². The van der Waals surface area contributed by atoms with Gasteiger partial charge in [-0.25, -0.2) is 4.79 Å². The fourth-order valence-electron chi connectivity index (χ4n) is 3.51. The summed E-state index contributed by atoms with van der Waals surface area (Å²) in [5.41, 5.74) is -0.777. The molecule has 25 heavy (non-hydrogen) atoms. The zero-order chi connectivity index (χ0) is 17.9. The highest BCUT2D eigenvalue weighted by molar-refractivity contribution is 6.08. The molecule has 0 spiro atoms. The predicted molar refractivity (Wildman–Crippen MR) is 91.5 cm³/mol. The molecular weight excluding hydrogens is 320 g/mol. The van der Waals surface area contributed by atoms with Crippen molar-refractivity contribution in [2.75, 3.05) is 6.54 Å². The summed E-state index contributed by atoms with van der Waals surface area (Å²) >= 11 is 0. The molecule has 4 amide bonds. The predicted octanol–water partition coefficient (Wildman–Crippen LogP) is 1.69. The molecule has 7 nitrogen and oxygen atoms in total.